The third-order valence-electron chi connectivity index (χ3n) is 11.6. The highest BCUT2D eigenvalue weighted by atomic mass is 16.3. The lowest BCUT2D eigenvalue weighted by atomic mass is 9.41. The van der Waals surface area contributed by atoms with Gasteiger partial charge in [0, 0.05) is 5.92 Å². The molecule has 3 saturated carbocycles. The number of aliphatic hydroxyl groups excluding tert-OH is 2. The molecule has 0 heterocycles. The maximum Gasteiger partial charge on any atom is 0.123 e. The van der Waals surface area contributed by atoms with E-state index in [0.717, 1.165) is 50.4 Å². The van der Waals surface area contributed by atoms with Gasteiger partial charge in [-0.1, -0.05) is 57.9 Å². The van der Waals surface area contributed by atoms with Gasteiger partial charge in [0.15, 0.2) is 0 Å². The van der Waals surface area contributed by atoms with Crippen molar-refractivity contribution < 1.29 is 15.0 Å². The third kappa shape index (κ3) is 3.63. The standard InChI is InChI=1S/C30H48O3/c1-19(2)16-21(32)17-20(18-31)22-10-14-30(7)24-8-9-25-27(3,4)26(33)12-13-28(25,5)23(24)11-15-29(22,30)6/h8,16,18,20-23,25-26,32-33H,9-15,17H2,1-7H3. The monoisotopic (exact) mass is 456 g/mol. The largest absolute Gasteiger partial charge is 0.393 e. The molecule has 9 unspecified atom stereocenters. The highest BCUT2D eigenvalue weighted by Crippen LogP contribution is 2.73. The molecular weight excluding hydrogens is 408 g/mol. The van der Waals surface area contributed by atoms with Crippen LogP contribution in [0.1, 0.15) is 99.8 Å². The summed E-state index contributed by atoms with van der Waals surface area (Å²) in [6.45, 7) is 16.0. The van der Waals surface area contributed by atoms with Gasteiger partial charge in [0.05, 0.1) is 12.2 Å². The summed E-state index contributed by atoms with van der Waals surface area (Å²) in [4.78, 5) is 12.3. The molecule has 3 fully saturated rings. The highest BCUT2D eigenvalue weighted by molar-refractivity contribution is 5.55. The quantitative estimate of drug-likeness (QED) is 0.367. The predicted octanol–water partition coefficient (Wildman–Crippen LogP) is 6.48. The second-order valence-corrected chi connectivity index (χ2v) is 13.7. The summed E-state index contributed by atoms with van der Waals surface area (Å²) >= 11 is 0. The summed E-state index contributed by atoms with van der Waals surface area (Å²) in [5.41, 5.74) is 3.19. The molecule has 0 bridgehead atoms. The van der Waals surface area contributed by atoms with Crippen LogP contribution in [0.15, 0.2) is 23.3 Å². The van der Waals surface area contributed by atoms with Crippen molar-refractivity contribution in [1.82, 2.24) is 0 Å². The Balaban J connectivity index is 1.65. The number of rotatable bonds is 5. The van der Waals surface area contributed by atoms with Crippen molar-refractivity contribution in [1.29, 1.82) is 0 Å². The Morgan fingerprint density at radius 1 is 1.09 bits per heavy atom. The van der Waals surface area contributed by atoms with E-state index < -0.39 is 6.10 Å². The van der Waals surface area contributed by atoms with Gasteiger partial charge in [-0.05, 0) is 105 Å². The van der Waals surface area contributed by atoms with Crippen LogP contribution in [0.4, 0.5) is 0 Å². The van der Waals surface area contributed by atoms with Gasteiger partial charge in [-0.25, -0.2) is 0 Å². The van der Waals surface area contributed by atoms with Crippen LogP contribution in [0.2, 0.25) is 0 Å². The van der Waals surface area contributed by atoms with Gasteiger partial charge < -0.3 is 15.0 Å². The van der Waals surface area contributed by atoms with E-state index in [4.69, 9.17) is 0 Å². The van der Waals surface area contributed by atoms with Crippen LogP contribution >= 0.6 is 0 Å². The number of fused-ring (bicyclic) bond motifs is 5. The minimum Gasteiger partial charge on any atom is -0.393 e. The normalized spacial score (nSPS) is 45.7. The maximum atomic E-state index is 12.3. The molecule has 0 aromatic rings. The van der Waals surface area contributed by atoms with E-state index in [9.17, 15) is 15.0 Å². The van der Waals surface area contributed by atoms with Gasteiger partial charge in [0.2, 0.25) is 0 Å². The Morgan fingerprint density at radius 3 is 2.42 bits per heavy atom. The molecule has 9 atom stereocenters. The number of carbonyl (C=O) groups excluding carboxylic acids is 1. The third-order valence-corrected chi connectivity index (χ3v) is 11.6. The van der Waals surface area contributed by atoms with Crippen LogP contribution in [-0.2, 0) is 4.79 Å². The first kappa shape index (κ1) is 25.2. The number of carbonyl (C=O) groups is 1. The topological polar surface area (TPSA) is 57.5 Å². The molecule has 0 aliphatic heterocycles. The van der Waals surface area contributed by atoms with E-state index in [1.54, 1.807) is 5.57 Å². The summed E-state index contributed by atoms with van der Waals surface area (Å²) in [6, 6.07) is 0. The highest BCUT2D eigenvalue weighted by Gasteiger charge is 2.65. The summed E-state index contributed by atoms with van der Waals surface area (Å²) in [6.07, 6.45) is 13.1. The van der Waals surface area contributed by atoms with Crippen LogP contribution in [0.5, 0.6) is 0 Å². The first-order valence-electron chi connectivity index (χ1n) is 13.5. The second kappa shape index (κ2) is 8.33. The van der Waals surface area contributed by atoms with E-state index >= 15 is 0 Å². The van der Waals surface area contributed by atoms with Crippen molar-refractivity contribution in [2.75, 3.05) is 0 Å². The maximum absolute atomic E-state index is 12.3. The van der Waals surface area contributed by atoms with Crippen LogP contribution in [0, 0.1) is 45.3 Å². The zero-order valence-corrected chi connectivity index (χ0v) is 22.2. The molecule has 4 aliphatic carbocycles. The average molecular weight is 457 g/mol. The fraction of sp³-hybridized carbons (Fsp3) is 0.833. The van der Waals surface area contributed by atoms with Gasteiger partial charge in [-0.2, -0.15) is 0 Å². The molecule has 0 saturated heterocycles. The number of aldehydes is 1. The Hall–Kier alpha value is -0.930. The molecule has 3 nitrogen and oxygen atoms in total. The Labute approximate surface area is 202 Å². The molecule has 186 valence electrons. The van der Waals surface area contributed by atoms with E-state index in [-0.39, 0.29) is 33.7 Å². The van der Waals surface area contributed by atoms with E-state index in [2.05, 4.69) is 40.7 Å². The van der Waals surface area contributed by atoms with Crippen LogP contribution < -0.4 is 0 Å². The molecule has 4 rings (SSSR count). The smallest absolute Gasteiger partial charge is 0.123 e. The van der Waals surface area contributed by atoms with Crippen LogP contribution in [0.25, 0.3) is 0 Å². The summed E-state index contributed by atoms with van der Waals surface area (Å²) < 4.78 is 0. The first-order valence-corrected chi connectivity index (χ1v) is 13.5. The predicted molar refractivity (Wildman–Crippen MR) is 135 cm³/mol. The zero-order chi connectivity index (χ0) is 24.4. The fourth-order valence-electron chi connectivity index (χ4n) is 9.47. The Morgan fingerprint density at radius 2 is 1.79 bits per heavy atom. The molecular formula is C30H48O3. The molecule has 0 amide bonds. The fourth-order valence-corrected chi connectivity index (χ4v) is 9.47. The summed E-state index contributed by atoms with van der Waals surface area (Å²) in [5.74, 6) is 1.35. The Kier molecular flexibility index (Phi) is 6.35. The SMILES string of the molecule is CC(C)=CC(O)CC(C=O)C1CCC2(C)C3=CCC4C(C)(C)C(O)CCC4(C)C3CCC12C. The van der Waals surface area contributed by atoms with Gasteiger partial charge in [0.25, 0.3) is 0 Å². The van der Waals surface area contributed by atoms with Crippen LogP contribution in [0.3, 0.4) is 0 Å². The summed E-state index contributed by atoms with van der Waals surface area (Å²) in [5, 5.41) is 21.4. The molecule has 0 radical (unpaired) electrons. The van der Waals surface area contributed by atoms with E-state index in [0.29, 0.717) is 24.2 Å². The van der Waals surface area contributed by atoms with Crippen molar-refractivity contribution in [2.45, 2.75) is 112 Å². The van der Waals surface area contributed by atoms with E-state index in [1.165, 1.54) is 6.42 Å². The minimum atomic E-state index is -0.540. The molecule has 2 N–H and O–H groups in total. The van der Waals surface area contributed by atoms with Crippen molar-refractivity contribution >= 4 is 6.29 Å². The zero-order valence-electron chi connectivity index (χ0n) is 22.2. The van der Waals surface area contributed by atoms with Crippen molar-refractivity contribution in [2.24, 2.45) is 45.3 Å². The minimum absolute atomic E-state index is 0.0431. The van der Waals surface area contributed by atoms with Crippen molar-refractivity contribution in [3.05, 3.63) is 23.3 Å². The number of aliphatic hydroxyl groups is 2. The second-order valence-electron chi connectivity index (χ2n) is 13.7. The van der Waals surface area contributed by atoms with Crippen molar-refractivity contribution in [3.63, 3.8) is 0 Å². The molecule has 0 aromatic carbocycles. The number of hydrogen-bond acceptors (Lipinski definition) is 3. The van der Waals surface area contributed by atoms with Gasteiger partial charge >= 0.3 is 0 Å². The lowest BCUT2D eigenvalue weighted by molar-refractivity contribution is -0.133. The Bertz CT molecular complexity index is 835. The van der Waals surface area contributed by atoms with Crippen molar-refractivity contribution in [3.8, 4) is 0 Å². The number of hydrogen-bond donors (Lipinski definition) is 2. The number of allylic oxidation sites excluding steroid dienone is 3. The molecule has 0 aromatic heterocycles. The first-order chi connectivity index (χ1) is 15.3. The van der Waals surface area contributed by atoms with Gasteiger partial charge in [-0.3, -0.25) is 0 Å². The van der Waals surface area contributed by atoms with Gasteiger partial charge in [-0.15, -0.1) is 0 Å². The molecule has 0 spiro atoms. The van der Waals surface area contributed by atoms with Gasteiger partial charge in [0.1, 0.15) is 6.29 Å². The average Bonchev–Trinajstić information content (AvgIpc) is 3.00. The van der Waals surface area contributed by atoms with Crippen LogP contribution in [-0.4, -0.2) is 28.7 Å². The lowest BCUT2D eigenvalue weighted by Crippen LogP contribution is -2.58. The van der Waals surface area contributed by atoms with E-state index in [1.807, 2.05) is 19.9 Å². The lowest BCUT2D eigenvalue weighted by Gasteiger charge is -2.64. The molecule has 3 heteroatoms. The summed E-state index contributed by atoms with van der Waals surface area (Å²) in [7, 11) is 0. The molecule has 33 heavy (non-hydrogen) atoms. The molecule has 4 aliphatic rings.